The molecule has 1 aromatic rings. The monoisotopic (exact) mass is 234 g/mol. The Bertz CT molecular complexity index is 544. The summed E-state index contributed by atoms with van der Waals surface area (Å²) in [7, 11) is 1.08. The lowest BCUT2D eigenvalue weighted by Crippen LogP contribution is -2.09. The van der Waals surface area contributed by atoms with E-state index < -0.39 is 16.6 Å². The largest absolute Gasteiger partial charge is 0.465 e. The number of non-ortho nitro benzene ring substituents is 1. The molecule has 0 N–H and O–H groups in total. The van der Waals surface area contributed by atoms with Gasteiger partial charge < -0.3 is 4.74 Å². The molecule has 0 aromatic heterocycles. The minimum Gasteiger partial charge on any atom is -0.465 e. The number of hydrogen-bond acceptors (Lipinski definition) is 6. The average molecular weight is 234 g/mol. The maximum Gasteiger partial charge on any atom is 0.339 e. The topological polar surface area (TPSA) is 110 Å². The van der Waals surface area contributed by atoms with Crippen molar-refractivity contribution >= 4 is 17.9 Å². The molecule has 1 rings (SSSR count). The highest BCUT2D eigenvalue weighted by molar-refractivity contribution is 6.01. The number of aldehydes is 1. The fraction of sp³-hybridized carbons (Fsp3) is 0.100. The van der Waals surface area contributed by atoms with E-state index in [4.69, 9.17) is 5.26 Å². The first-order valence-corrected chi connectivity index (χ1v) is 4.31. The van der Waals surface area contributed by atoms with E-state index in [9.17, 15) is 19.7 Å². The van der Waals surface area contributed by atoms with Crippen molar-refractivity contribution in [3.63, 3.8) is 0 Å². The fourth-order valence-corrected chi connectivity index (χ4v) is 1.27. The molecule has 86 valence electrons. The van der Waals surface area contributed by atoms with E-state index in [1.807, 2.05) is 0 Å². The molecule has 0 radical (unpaired) electrons. The molecule has 0 unspecified atom stereocenters. The molecule has 7 nitrogen and oxygen atoms in total. The molecule has 0 fully saturated rings. The summed E-state index contributed by atoms with van der Waals surface area (Å²) < 4.78 is 4.40. The van der Waals surface area contributed by atoms with Gasteiger partial charge in [-0.15, -0.1) is 0 Å². The lowest BCUT2D eigenvalue weighted by Gasteiger charge is -2.04. The van der Waals surface area contributed by atoms with Gasteiger partial charge in [0.2, 0.25) is 0 Å². The van der Waals surface area contributed by atoms with Crippen LogP contribution >= 0.6 is 0 Å². The number of nitro benzene ring substituents is 1. The number of methoxy groups -OCH3 is 1. The van der Waals surface area contributed by atoms with E-state index >= 15 is 0 Å². The maximum atomic E-state index is 11.4. The third-order valence-electron chi connectivity index (χ3n) is 2.00. The van der Waals surface area contributed by atoms with E-state index in [-0.39, 0.29) is 23.0 Å². The quantitative estimate of drug-likeness (QED) is 0.334. The van der Waals surface area contributed by atoms with Crippen LogP contribution in [0, 0.1) is 21.4 Å². The van der Waals surface area contributed by atoms with Gasteiger partial charge in [0.05, 0.1) is 23.2 Å². The normalized spacial score (nSPS) is 9.18. The second kappa shape index (κ2) is 4.85. The lowest BCUT2D eigenvalue weighted by atomic mass is 10.0. The molecule has 0 aliphatic heterocycles. The molecule has 0 aliphatic rings. The van der Waals surface area contributed by atoms with Crippen LogP contribution in [0.25, 0.3) is 0 Å². The zero-order valence-electron chi connectivity index (χ0n) is 8.67. The van der Waals surface area contributed by atoms with E-state index in [0.29, 0.717) is 0 Å². The summed E-state index contributed by atoms with van der Waals surface area (Å²) in [5.74, 6) is -0.890. The fourth-order valence-electron chi connectivity index (χ4n) is 1.27. The van der Waals surface area contributed by atoms with Crippen molar-refractivity contribution in [3.8, 4) is 6.07 Å². The minimum absolute atomic E-state index is 0.248. The van der Waals surface area contributed by atoms with Crippen LogP contribution in [-0.4, -0.2) is 24.3 Å². The molecule has 7 heteroatoms. The lowest BCUT2D eigenvalue weighted by molar-refractivity contribution is -0.384. The summed E-state index contributed by atoms with van der Waals surface area (Å²) in [6.07, 6.45) is 0.264. The maximum absolute atomic E-state index is 11.4. The number of esters is 1. The SMILES string of the molecule is COC(=O)c1c(C#N)cc([N+](=O)[O-])cc1C=O. The molecule has 17 heavy (non-hydrogen) atoms. The van der Waals surface area contributed by atoms with Gasteiger partial charge in [-0.3, -0.25) is 14.9 Å². The zero-order valence-corrected chi connectivity index (χ0v) is 8.67. The first kappa shape index (κ1) is 12.3. The third-order valence-corrected chi connectivity index (χ3v) is 2.00. The molecule has 0 heterocycles. The van der Waals surface area contributed by atoms with Crippen LogP contribution in [0.4, 0.5) is 5.69 Å². The van der Waals surface area contributed by atoms with Gasteiger partial charge in [-0.25, -0.2) is 4.79 Å². The molecule has 0 amide bonds. The van der Waals surface area contributed by atoms with Gasteiger partial charge in [0.1, 0.15) is 6.07 Å². The van der Waals surface area contributed by atoms with Crippen LogP contribution in [0.5, 0.6) is 0 Å². The van der Waals surface area contributed by atoms with Gasteiger partial charge in [0, 0.05) is 17.7 Å². The molecule has 0 saturated heterocycles. The highest BCUT2D eigenvalue weighted by Crippen LogP contribution is 2.22. The van der Waals surface area contributed by atoms with Gasteiger partial charge >= 0.3 is 5.97 Å². The number of nitro groups is 1. The number of carbonyl (C=O) groups is 2. The van der Waals surface area contributed by atoms with Crippen molar-refractivity contribution < 1.29 is 19.2 Å². The Morgan fingerprint density at radius 2 is 2.24 bits per heavy atom. The predicted molar refractivity (Wildman–Crippen MR) is 54.5 cm³/mol. The second-order valence-corrected chi connectivity index (χ2v) is 2.94. The van der Waals surface area contributed by atoms with Crippen LogP contribution in [0.2, 0.25) is 0 Å². The van der Waals surface area contributed by atoms with Crippen LogP contribution in [0.1, 0.15) is 26.3 Å². The van der Waals surface area contributed by atoms with E-state index in [2.05, 4.69) is 4.74 Å². The summed E-state index contributed by atoms with van der Waals surface area (Å²) in [4.78, 5) is 31.9. The summed E-state index contributed by atoms with van der Waals surface area (Å²) in [6, 6.07) is 3.45. The first-order chi connectivity index (χ1) is 8.04. The molecular weight excluding hydrogens is 228 g/mol. The van der Waals surface area contributed by atoms with Gasteiger partial charge in [-0.2, -0.15) is 5.26 Å². The highest BCUT2D eigenvalue weighted by Gasteiger charge is 2.21. The van der Waals surface area contributed by atoms with Crippen molar-refractivity contribution in [3.05, 3.63) is 38.9 Å². The highest BCUT2D eigenvalue weighted by atomic mass is 16.6. The number of benzene rings is 1. The van der Waals surface area contributed by atoms with Gasteiger partial charge in [0.15, 0.2) is 6.29 Å². The summed E-state index contributed by atoms with van der Waals surface area (Å²) in [6.45, 7) is 0. The number of nitrogens with zero attached hydrogens (tertiary/aromatic N) is 2. The van der Waals surface area contributed by atoms with Gasteiger partial charge in [-0.05, 0) is 0 Å². The van der Waals surface area contributed by atoms with Crippen LogP contribution in [-0.2, 0) is 4.74 Å². The second-order valence-electron chi connectivity index (χ2n) is 2.94. The predicted octanol–water partition coefficient (Wildman–Crippen LogP) is 1.07. The molecular formula is C10H6N2O5. The Hall–Kier alpha value is -2.75. The van der Waals surface area contributed by atoms with E-state index in [1.165, 1.54) is 0 Å². The summed E-state index contributed by atoms with van der Waals surface area (Å²) in [5, 5.41) is 19.3. The molecule has 1 aromatic carbocycles. The third kappa shape index (κ3) is 2.26. The van der Waals surface area contributed by atoms with Gasteiger partial charge in [-0.1, -0.05) is 0 Å². The van der Waals surface area contributed by atoms with Crippen LogP contribution in [0.3, 0.4) is 0 Å². The smallest absolute Gasteiger partial charge is 0.339 e. The Morgan fingerprint density at radius 1 is 1.59 bits per heavy atom. The zero-order chi connectivity index (χ0) is 13.0. The summed E-state index contributed by atoms with van der Waals surface area (Å²) >= 11 is 0. The standard InChI is InChI=1S/C10H6N2O5/c1-17-10(14)9-6(4-11)2-8(12(15)16)3-7(9)5-13/h2-3,5H,1H3. The molecule has 0 saturated carbocycles. The van der Waals surface area contributed by atoms with Crippen LogP contribution in [0.15, 0.2) is 12.1 Å². The average Bonchev–Trinajstić information content (AvgIpc) is 2.35. The van der Waals surface area contributed by atoms with Crippen molar-refractivity contribution in [2.24, 2.45) is 0 Å². The van der Waals surface area contributed by atoms with Crippen molar-refractivity contribution in [1.29, 1.82) is 5.26 Å². The molecule has 0 spiro atoms. The van der Waals surface area contributed by atoms with Gasteiger partial charge in [0.25, 0.3) is 5.69 Å². The van der Waals surface area contributed by atoms with Crippen molar-refractivity contribution in [1.82, 2.24) is 0 Å². The molecule has 0 aliphatic carbocycles. The summed E-state index contributed by atoms with van der Waals surface area (Å²) in [5.41, 5.74) is -1.22. The Morgan fingerprint density at radius 3 is 2.65 bits per heavy atom. The van der Waals surface area contributed by atoms with Crippen molar-refractivity contribution in [2.75, 3.05) is 7.11 Å². The number of carbonyl (C=O) groups excluding carboxylic acids is 2. The Labute approximate surface area is 95.4 Å². The van der Waals surface area contributed by atoms with Crippen molar-refractivity contribution in [2.45, 2.75) is 0 Å². The molecule has 0 atom stereocenters. The minimum atomic E-state index is -0.890. The van der Waals surface area contributed by atoms with Crippen LogP contribution < -0.4 is 0 Å². The number of nitriles is 1. The van der Waals surface area contributed by atoms with E-state index in [0.717, 1.165) is 19.2 Å². The number of ether oxygens (including phenoxy) is 1. The Kier molecular flexibility index (Phi) is 3.51. The van der Waals surface area contributed by atoms with E-state index in [1.54, 1.807) is 6.07 Å². The molecule has 0 bridgehead atoms. The number of rotatable bonds is 3. The Balaban J connectivity index is 3.59. The first-order valence-electron chi connectivity index (χ1n) is 4.31. The number of hydrogen-bond donors (Lipinski definition) is 0.